The van der Waals surface area contributed by atoms with E-state index in [2.05, 4.69) is 0 Å². The van der Waals surface area contributed by atoms with Crippen molar-refractivity contribution in [2.45, 2.75) is 41.6 Å². The first-order chi connectivity index (χ1) is 9.83. The monoisotopic (exact) mass is 286 g/mol. The van der Waals surface area contributed by atoms with E-state index in [1.54, 1.807) is 0 Å². The van der Waals surface area contributed by atoms with Crippen LogP contribution in [-0.2, 0) is 10.8 Å². The highest BCUT2D eigenvalue weighted by Gasteiger charge is 2.16. The van der Waals surface area contributed by atoms with Crippen molar-refractivity contribution < 1.29 is 8.95 Å². The maximum Gasteiger partial charge on any atom is 0.119 e. The first kappa shape index (κ1) is 13.4. The fourth-order valence-corrected chi connectivity index (χ4v) is 3.58. The van der Waals surface area contributed by atoms with Gasteiger partial charge in [0.2, 0.25) is 0 Å². The average Bonchev–Trinajstić information content (AvgIpc) is 3.01. The van der Waals surface area contributed by atoms with Crippen molar-refractivity contribution in [2.75, 3.05) is 0 Å². The molecule has 1 saturated carbocycles. The van der Waals surface area contributed by atoms with E-state index in [9.17, 15) is 4.21 Å². The van der Waals surface area contributed by atoms with E-state index >= 15 is 0 Å². The van der Waals surface area contributed by atoms with Crippen molar-refractivity contribution in [3.8, 4) is 5.75 Å². The molecule has 2 aromatic rings. The standard InChI is InChI=1S/C17H18O2S/c18-20(16-8-2-1-3-9-16)17-12-10-15(11-13-17)19-14-6-4-5-7-14/h1-3,8-14H,4-7H2. The molecule has 0 aliphatic heterocycles. The molecule has 0 saturated heterocycles. The molecule has 0 radical (unpaired) electrons. The average molecular weight is 286 g/mol. The highest BCUT2D eigenvalue weighted by atomic mass is 32.2. The second-order valence-electron chi connectivity index (χ2n) is 5.08. The van der Waals surface area contributed by atoms with Gasteiger partial charge in [-0.3, -0.25) is 0 Å². The Morgan fingerprint density at radius 3 is 2.10 bits per heavy atom. The summed E-state index contributed by atoms with van der Waals surface area (Å²) in [5.41, 5.74) is 0. The van der Waals surface area contributed by atoms with Crippen molar-refractivity contribution >= 4 is 10.8 Å². The predicted molar refractivity (Wildman–Crippen MR) is 80.4 cm³/mol. The molecule has 104 valence electrons. The summed E-state index contributed by atoms with van der Waals surface area (Å²) < 4.78 is 18.3. The molecule has 1 fully saturated rings. The van der Waals surface area contributed by atoms with Crippen LogP contribution in [0.25, 0.3) is 0 Å². The highest BCUT2D eigenvalue weighted by Crippen LogP contribution is 2.25. The second kappa shape index (κ2) is 6.23. The Morgan fingerprint density at radius 1 is 0.850 bits per heavy atom. The minimum absolute atomic E-state index is 0.362. The highest BCUT2D eigenvalue weighted by molar-refractivity contribution is 7.85. The summed E-state index contributed by atoms with van der Waals surface area (Å²) in [6.07, 6.45) is 5.19. The lowest BCUT2D eigenvalue weighted by atomic mass is 10.3. The van der Waals surface area contributed by atoms with Crippen molar-refractivity contribution in [3.05, 3.63) is 54.6 Å². The molecule has 0 N–H and O–H groups in total. The molecular formula is C17H18O2S. The third-order valence-corrected chi connectivity index (χ3v) is 5.00. The minimum Gasteiger partial charge on any atom is -0.490 e. The van der Waals surface area contributed by atoms with Crippen molar-refractivity contribution in [3.63, 3.8) is 0 Å². The fourth-order valence-electron chi connectivity index (χ4n) is 2.52. The van der Waals surface area contributed by atoms with Gasteiger partial charge in [-0.05, 0) is 62.1 Å². The number of hydrogen-bond donors (Lipinski definition) is 0. The third kappa shape index (κ3) is 3.10. The van der Waals surface area contributed by atoms with E-state index in [-0.39, 0.29) is 0 Å². The van der Waals surface area contributed by atoms with E-state index < -0.39 is 10.8 Å². The zero-order chi connectivity index (χ0) is 13.8. The van der Waals surface area contributed by atoms with Crippen LogP contribution in [0.5, 0.6) is 5.75 Å². The topological polar surface area (TPSA) is 26.3 Å². The van der Waals surface area contributed by atoms with Crippen LogP contribution in [0.15, 0.2) is 64.4 Å². The zero-order valence-electron chi connectivity index (χ0n) is 11.3. The Bertz CT molecular complexity index is 572. The summed E-state index contributed by atoms with van der Waals surface area (Å²) >= 11 is 0. The maximum atomic E-state index is 12.4. The molecule has 0 bridgehead atoms. The molecule has 2 aromatic carbocycles. The van der Waals surface area contributed by atoms with Crippen LogP contribution in [0.1, 0.15) is 25.7 Å². The largest absolute Gasteiger partial charge is 0.490 e. The third-order valence-electron chi connectivity index (χ3n) is 3.60. The fraction of sp³-hybridized carbons (Fsp3) is 0.294. The van der Waals surface area contributed by atoms with Gasteiger partial charge in [0.05, 0.1) is 16.9 Å². The molecule has 0 amide bonds. The molecule has 3 rings (SSSR count). The maximum absolute atomic E-state index is 12.4. The van der Waals surface area contributed by atoms with E-state index in [1.807, 2.05) is 54.6 Å². The summed E-state index contributed by atoms with van der Waals surface area (Å²) in [6.45, 7) is 0. The van der Waals surface area contributed by atoms with Crippen LogP contribution < -0.4 is 4.74 Å². The van der Waals surface area contributed by atoms with Gasteiger partial charge in [0, 0.05) is 9.79 Å². The normalized spacial score (nSPS) is 17.0. The zero-order valence-corrected chi connectivity index (χ0v) is 12.1. The molecule has 20 heavy (non-hydrogen) atoms. The van der Waals surface area contributed by atoms with Gasteiger partial charge in [-0.25, -0.2) is 4.21 Å². The van der Waals surface area contributed by atoms with Gasteiger partial charge in [-0.2, -0.15) is 0 Å². The Balaban J connectivity index is 1.71. The van der Waals surface area contributed by atoms with Crippen molar-refractivity contribution in [1.82, 2.24) is 0 Å². The van der Waals surface area contributed by atoms with Gasteiger partial charge < -0.3 is 4.74 Å². The number of hydrogen-bond acceptors (Lipinski definition) is 2. The Kier molecular flexibility index (Phi) is 4.16. The van der Waals surface area contributed by atoms with Gasteiger partial charge in [0.15, 0.2) is 0 Å². The van der Waals surface area contributed by atoms with Crippen LogP contribution in [-0.4, -0.2) is 10.3 Å². The lowest BCUT2D eigenvalue weighted by Crippen LogP contribution is -2.10. The van der Waals surface area contributed by atoms with Gasteiger partial charge in [0.1, 0.15) is 5.75 Å². The van der Waals surface area contributed by atoms with E-state index in [0.29, 0.717) is 6.10 Å². The Morgan fingerprint density at radius 2 is 1.45 bits per heavy atom. The van der Waals surface area contributed by atoms with Crippen LogP contribution in [0, 0.1) is 0 Å². The SMILES string of the molecule is O=S(c1ccccc1)c1ccc(OC2CCCC2)cc1. The first-order valence-corrected chi connectivity index (χ1v) is 8.21. The molecule has 3 heteroatoms. The smallest absolute Gasteiger partial charge is 0.119 e. The lowest BCUT2D eigenvalue weighted by Gasteiger charge is -2.13. The molecule has 1 unspecified atom stereocenters. The Labute approximate surface area is 122 Å². The summed E-state index contributed by atoms with van der Waals surface area (Å²) in [7, 11) is -1.11. The van der Waals surface area contributed by atoms with Gasteiger partial charge >= 0.3 is 0 Å². The van der Waals surface area contributed by atoms with E-state index in [0.717, 1.165) is 28.4 Å². The lowest BCUT2D eigenvalue weighted by molar-refractivity contribution is 0.210. The van der Waals surface area contributed by atoms with Crippen LogP contribution in [0.4, 0.5) is 0 Å². The van der Waals surface area contributed by atoms with E-state index in [1.165, 1.54) is 12.8 Å². The summed E-state index contributed by atoms with van der Waals surface area (Å²) in [6, 6.07) is 17.2. The van der Waals surface area contributed by atoms with Crippen molar-refractivity contribution in [2.24, 2.45) is 0 Å². The van der Waals surface area contributed by atoms with Gasteiger partial charge in [0.25, 0.3) is 0 Å². The quantitative estimate of drug-likeness (QED) is 0.843. The second-order valence-corrected chi connectivity index (χ2v) is 6.56. The molecule has 1 aliphatic rings. The van der Waals surface area contributed by atoms with Gasteiger partial charge in [-0.15, -0.1) is 0 Å². The van der Waals surface area contributed by atoms with Crippen molar-refractivity contribution in [1.29, 1.82) is 0 Å². The first-order valence-electron chi connectivity index (χ1n) is 7.06. The van der Waals surface area contributed by atoms with Crippen LogP contribution in [0.3, 0.4) is 0 Å². The molecule has 2 nitrogen and oxygen atoms in total. The predicted octanol–water partition coefficient (Wildman–Crippen LogP) is 4.17. The van der Waals surface area contributed by atoms with Crippen LogP contribution in [0.2, 0.25) is 0 Å². The Hall–Kier alpha value is -1.61. The summed E-state index contributed by atoms with van der Waals surface area (Å²) in [5, 5.41) is 0. The summed E-state index contributed by atoms with van der Waals surface area (Å²) in [5.74, 6) is 0.880. The number of benzene rings is 2. The summed E-state index contributed by atoms with van der Waals surface area (Å²) in [4.78, 5) is 1.65. The van der Waals surface area contributed by atoms with E-state index in [4.69, 9.17) is 4.74 Å². The minimum atomic E-state index is -1.11. The molecule has 0 heterocycles. The molecule has 1 aliphatic carbocycles. The number of rotatable bonds is 4. The molecule has 1 atom stereocenters. The van der Waals surface area contributed by atoms with Gasteiger partial charge in [-0.1, -0.05) is 18.2 Å². The molecule has 0 spiro atoms. The number of ether oxygens (including phenoxy) is 1. The molecule has 0 aromatic heterocycles. The molecular weight excluding hydrogens is 268 g/mol. The van der Waals surface area contributed by atoms with Crippen LogP contribution >= 0.6 is 0 Å².